The van der Waals surface area contributed by atoms with E-state index in [1.165, 1.54) is 6.42 Å². The number of hydrogen-bond acceptors (Lipinski definition) is 6. The monoisotopic (exact) mass is 284 g/mol. The molecule has 0 spiro atoms. The van der Waals surface area contributed by atoms with E-state index < -0.39 is 0 Å². The summed E-state index contributed by atoms with van der Waals surface area (Å²) in [6.07, 6.45) is 11.5. The van der Waals surface area contributed by atoms with E-state index in [0.29, 0.717) is 6.04 Å². The Morgan fingerprint density at radius 1 is 1.14 bits per heavy atom. The normalized spacial score (nSPS) is 18.9. The van der Waals surface area contributed by atoms with Crippen LogP contribution >= 0.6 is 0 Å². The zero-order valence-corrected chi connectivity index (χ0v) is 12.5. The van der Waals surface area contributed by atoms with Crippen molar-refractivity contribution in [3.8, 4) is 0 Å². The van der Waals surface area contributed by atoms with E-state index >= 15 is 0 Å². The first-order chi connectivity index (χ1) is 10.2. The van der Waals surface area contributed by atoms with Crippen molar-refractivity contribution in [1.29, 1.82) is 0 Å². The summed E-state index contributed by atoms with van der Waals surface area (Å²) in [6.45, 7) is 1.94. The van der Waals surface area contributed by atoms with Gasteiger partial charge in [-0.05, 0) is 19.4 Å². The van der Waals surface area contributed by atoms with Gasteiger partial charge in [0.05, 0.1) is 11.7 Å². The quantitative estimate of drug-likeness (QED) is 0.851. The zero-order valence-electron chi connectivity index (χ0n) is 12.5. The van der Waals surface area contributed by atoms with Crippen molar-refractivity contribution < 1.29 is 0 Å². The Kier molecular flexibility index (Phi) is 4.06. The molecule has 3 heterocycles. The van der Waals surface area contributed by atoms with E-state index in [-0.39, 0.29) is 0 Å². The van der Waals surface area contributed by atoms with Gasteiger partial charge in [-0.3, -0.25) is 14.9 Å². The van der Waals surface area contributed by atoms with E-state index in [9.17, 15) is 0 Å². The molecule has 0 N–H and O–H groups in total. The average Bonchev–Trinajstić information content (AvgIpc) is 2.97. The van der Waals surface area contributed by atoms with Gasteiger partial charge in [0.25, 0.3) is 0 Å². The van der Waals surface area contributed by atoms with Gasteiger partial charge in [-0.1, -0.05) is 0 Å². The SMILES string of the molecule is CN(C)c1ncc(CN2CCCC2c2cnccn2)cn1. The Morgan fingerprint density at radius 2 is 1.95 bits per heavy atom. The molecule has 2 aromatic heterocycles. The third kappa shape index (κ3) is 3.16. The molecule has 3 rings (SSSR count). The van der Waals surface area contributed by atoms with Crippen LogP contribution in [0.5, 0.6) is 0 Å². The highest BCUT2D eigenvalue weighted by molar-refractivity contribution is 5.26. The van der Waals surface area contributed by atoms with Gasteiger partial charge in [0, 0.05) is 57.2 Å². The molecule has 1 aliphatic rings. The maximum Gasteiger partial charge on any atom is 0.224 e. The Balaban J connectivity index is 1.71. The van der Waals surface area contributed by atoms with Crippen LogP contribution in [-0.2, 0) is 6.54 Å². The molecule has 0 saturated carbocycles. The fourth-order valence-electron chi connectivity index (χ4n) is 2.73. The number of nitrogens with zero attached hydrogens (tertiary/aromatic N) is 6. The predicted molar refractivity (Wildman–Crippen MR) is 80.8 cm³/mol. The molecule has 1 atom stereocenters. The second-order valence-corrected chi connectivity index (χ2v) is 5.54. The number of rotatable bonds is 4. The highest BCUT2D eigenvalue weighted by Gasteiger charge is 2.27. The van der Waals surface area contributed by atoms with Crippen molar-refractivity contribution >= 4 is 5.95 Å². The second kappa shape index (κ2) is 6.13. The van der Waals surface area contributed by atoms with Crippen molar-refractivity contribution in [2.45, 2.75) is 25.4 Å². The van der Waals surface area contributed by atoms with Crippen LogP contribution in [0.15, 0.2) is 31.0 Å². The van der Waals surface area contributed by atoms with Crippen molar-refractivity contribution in [2.75, 3.05) is 25.5 Å². The van der Waals surface area contributed by atoms with Gasteiger partial charge in [0.2, 0.25) is 5.95 Å². The smallest absolute Gasteiger partial charge is 0.224 e. The Morgan fingerprint density at radius 3 is 2.62 bits per heavy atom. The Hall–Kier alpha value is -2.08. The molecular weight excluding hydrogens is 264 g/mol. The van der Waals surface area contributed by atoms with Crippen molar-refractivity contribution in [3.63, 3.8) is 0 Å². The Labute approximate surface area is 124 Å². The minimum Gasteiger partial charge on any atom is -0.347 e. The molecular formula is C15H20N6. The van der Waals surface area contributed by atoms with Crippen LogP contribution in [0, 0.1) is 0 Å². The Bertz CT molecular complexity index is 568. The summed E-state index contributed by atoms with van der Waals surface area (Å²) >= 11 is 0. The molecule has 0 radical (unpaired) electrons. The van der Waals surface area contributed by atoms with Gasteiger partial charge in [0.15, 0.2) is 0 Å². The number of aromatic nitrogens is 4. The van der Waals surface area contributed by atoms with Crippen molar-refractivity contribution in [3.05, 3.63) is 42.2 Å². The third-order valence-electron chi connectivity index (χ3n) is 3.77. The van der Waals surface area contributed by atoms with Gasteiger partial charge >= 0.3 is 0 Å². The lowest BCUT2D eigenvalue weighted by atomic mass is 10.1. The summed E-state index contributed by atoms with van der Waals surface area (Å²) in [4.78, 5) is 21.7. The fraction of sp³-hybridized carbons (Fsp3) is 0.467. The molecule has 0 amide bonds. The molecule has 0 aromatic carbocycles. The van der Waals surface area contributed by atoms with Crippen molar-refractivity contribution in [1.82, 2.24) is 24.8 Å². The van der Waals surface area contributed by atoms with Crippen LogP contribution in [-0.4, -0.2) is 45.5 Å². The number of hydrogen-bond donors (Lipinski definition) is 0. The van der Waals surface area contributed by atoms with E-state index in [1.54, 1.807) is 12.4 Å². The van der Waals surface area contributed by atoms with Gasteiger partial charge in [-0.2, -0.15) is 0 Å². The second-order valence-electron chi connectivity index (χ2n) is 5.54. The minimum absolute atomic E-state index is 0.354. The maximum atomic E-state index is 4.45. The van der Waals surface area contributed by atoms with Crippen LogP contribution < -0.4 is 4.90 Å². The molecule has 1 fully saturated rings. The topological polar surface area (TPSA) is 58.0 Å². The lowest BCUT2D eigenvalue weighted by Gasteiger charge is -2.23. The molecule has 1 saturated heterocycles. The first-order valence-electron chi connectivity index (χ1n) is 7.22. The van der Waals surface area contributed by atoms with Gasteiger partial charge in [-0.15, -0.1) is 0 Å². The summed E-state index contributed by atoms with van der Waals surface area (Å²) in [5.74, 6) is 0.741. The summed E-state index contributed by atoms with van der Waals surface area (Å²) in [6, 6.07) is 0.354. The summed E-state index contributed by atoms with van der Waals surface area (Å²) in [7, 11) is 3.89. The predicted octanol–water partition coefficient (Wildman–Crippen LogP) is 1.67. The van der Waals surface area contributed by atoms with Crippen LogP contribution in [0.1, 0.15) is 30.1 Å². The van der Waals surface area contributed by atoms with E-state index in [4.69, 9.17) is 0 Å². The van der Waals surface area contributed by atoms with Gasteiger partial charge in [-0.25, -0.2) is 9.97 Å². The summed E-state index contributed by atoms with van der Waals surface area (Å²) < 4.78 is 0. The molecule has 6 heteroatoms. The minimum atomic E-state index is 0.354. The molecule has 0 aliphatic carbocycles. The molecule has 6 nitrogen and oxygen atoms in total. The van der Waals surface area contributed by atoms with Crippen LogP contribution in [0.4, 0.5) is 5.95 Å². The first kappa shape index (κ1) is 13.9. The third-order valence-corrected chi connectivity index (χ3v) is 3.77. The molecule has 21 heavy (non-hydrogen) atoms. The standard InChI is InChI=1S/C15H20N6/c1-20(2)15-18-8-12(9-19-15)11-21-7-3-4-14(21)13-10-16-5-6-17-13/h5-6,8-10,14H,3-4,7,11H2,1-2H3. The lowest BCUT2D eigenvalue weighted by Crippen LogP contribution is -2.24. The van der Waals surface area contributed by atoms with Crippen LogP contribution in [0.2, 0.25) is 0 Å². The molecule has 1 unspecified atom stereocenters. The molecule has 0 bridgehead atoms. The van der Waals surface area contributed by atoms with E-state index in [2.05, 4.69) is 24.8 Å². The first-order valence-corrected chi connectivity index (χ1v) is 7.22. The van der Waals surface area contributed by atoms with E-state index in [0.717, 1.165) is 36.7 Å². The highest BCUT2D eigenvalue weighted by Crippen LogP contribution is 2.31. The van der Waals surface area contributed by atoms with Crippen LogP contribution in [0.3, 0.4) is 0 Å². The summed E-state index contributed by atoms with van der Waals surface area (Å²) in [5.41, 5.74) is 2.19. The largest absolute Gasteiger partial charge is 0.347 e. The highest BCUT2D eigenvalue weighted by atomic mass is 15.2. The zero-order chi connectivity index (χ0) is 14.7. The lowest BCUT2D eigenvalue weighted by molar-refractivity contribution is 0.243. The molecule has 2 aromatic rings. The molecule has 110 valence electrons. The average molecular weight is 284 g/mol. The van der Waals surface area contributed by atoms with E-state index in [1.807, 2.05) is 37.6 Å². The molecule has 1 aliphatic heterocycles. The van der Waals surface area contributed by atoms with Crippen molar-refractivity contribution in [2.24, 2.45) is 0 Å². The maximum absolute atomic E-state index is 4.45. The fourth-order valence-corrected chi connectivity index (χ4v) is 2.73. The van der Waals surface area contributed by atoms with Crippen LogP contribution in [0.25, 0.3) is 0 Å². The van der Waals surface area contributed by atoms with Gasteiger partial charge < -0.3 is 4.90 Å². The number of likely N-dealkylation sites (tertiary alicyclic amines) is 1. The summed E-state index contributed by atoms with van der Waals surface area (Å²) in [5, 5.41) is 0. The number of anilines is 1. The van der Waals surface area contributed by atoms with Gasteiger partial charge in [0.1, 0.15) is 0 Å².